The summed E-state index contributed by atoms with van der Waals surface area (Å²) in [6.45, 7) is 0.675. The molecule has 27 heavy (non-hydrogen) atoms. The summed E-state index contributed by atoms with van der Waals surface area (Å²) in [4.78, 5) is 51.1. The van der Waals surface area contributed by atoms with Crippen LogP contribution in [0.1, 0.15) is 44.9 Å². The van der Waals surface area contributed by atoms with Crippen molar-refractivity contribution in [1.82, 2.24) is 21.0 Å². The maximum atomic E-state index is 11.8. The first-order chi connectivity index (χ1) is 13.0. The number of nitrogens with zero attached hydrogens (tertiary/aromatic N) is 1. The Morgan fingerprint density at radius 2 is 1.93 bits per heavy atom. The fourth-order valence-corrected chi connectivity index (χ4v) is 5.06. The lowest BCUT2D eigenvalue weighted by Gasteiger charge is -2.16. The molecule has 3 N–H and O–H groups in total. The van der Waals surface area contributed by atoms with E-state index in [1.165, 1.54) is 0 Å². The molecule has 9 nitrogen and oxygen atoms in total. The molecule has 0 bridgehead atoms. The van der Waals surface area contributed by atoms with Crippen LogP contribution in [0.5, 0.6) is 0 Å². The van der Waals surface area contributed by atoms with E-state index in [0.717, 1.165) is 30.1 Å². The van der Waals surface area contributed by atoms with Crippen LogP contribution in [-0.4, -0.2) is 65.1 Å². The minimum absolute atomic E-state index is 0.00360. The monoisotopic (exact) mass is 398 g/mol. The highest BCUT2D eigenvalue weighted by Gasteiger charge is 2.42. The molecule has 150 valence electrons. The molecule has 3 heterocycles. The Bertz CT molecular complexity index is 586. The number of fused-ring (bicyclic) bond motifs is 1. The molecule has 3 aliphatic rings. The molecule has 3 fully saturated rings. The van der Waals surface area contributed by atoms with E-state index in [0.29, 0.717) is 24.6 Å². The number of hydroxylamine groups is 2. The zero-order valence-electron chi connectivity index (χ0n) is 15.2. The van der Waals surface area contributed by atoms with Crippen LogP contribution < -0.4 is 16.0 Å². The van der Waals surface area contributed by atoms with Gasteiger partial charge in [0.25, 0.3) is 11.8 Å². The van der Waals surface area contributed by atoms with Crippen molar-refractivity contribution < 1.29 is 24.0 Å². The molecule has 0 aliphatic carbocycles. The summed E-state index contributed by atoms with van der Waals surface area (Å²) < 4.78 is 0. The molecule has 10 heteroatoms. The second-order valence-corrected chi connectivity index (χ2v) is 8.26. The number of thioether (sulfide) groups is 1. The standard InChI is InChI=1S/C17H26N4O5S/c22-13(18-8-3-9-26-21-14(23)6-7-15(21)24)5-2-1-4-12-16-11(10-27-12)19-17(25)20-16/h11-12,16H,1-10H2,(H,18,22)(H2,19,20,25). The summed E-state index contributed by atoms with van der Waals surface area (Å²) in [6.07, 6.45) is 4.18. The fraction of sp³-hybridized carbons (Fsp3) is 0.765. The summed E-state index contributed by atoms with van der Waals surface area (Å²) in [7, 11) is 0. The number of urea groups is 1. The molecular formula is C17H26N4O5S. The van der Waals surface area contributed by atoms with Gasteiger partial charge in [-0.3, -0.25) is 19.2 Å². The number of unbranched alkanes of at least 4 members (excludes halogenated alkanes) is 1. The Hall–Kier alpha value is -1.81. The van der Waals surface area contributed by atoms with Gasteiger partial charge in [0.2, 0.25) is 5.91 Å². The number of hydrogen-bond acceptors (Lipinski definition) is 6. The molecule has 3 unspecified atom stereocenters. The van der Waals surface area contributed by atoms with Gasteiger partial charge in [-0.2, -0.15) is 16.8 Å². The van der Waals surface area contributed by atoms with Crippen molar-refractivity contribution in [3.63, 3.8) is 0 Å². The summed E-state index contributed by atoms with van der Waals surface area (Å²) >= 11 is 1.88. The second kappa shape index (κ2) is 9.41. The van der Waals surface area contributed by atoms with Crippen molar-refractivity contribution in [3.8, 4) is 0 Å². The molecule has 0 aromatic carbocycles. The molecule has 5 amide bonds. The van der Waals surface area contributed by atoms with Crippen molar-refractivity contribution >= 4 is 35.5 Å². The van der Waals surface area contributed by atoms with Gasteiger partial charge in [0.15, 0.2) is 0 Å². The highest BCUT2D eigenvalue weighted by molar-refractivity contribution is 8.00. The number of imide groups is 1. The summed E-state index contributed by atoms with van der Waals surface area (Å²) in [6, 6.07) is 0.381. The first-order valence-electron chi connectivity index (χ1n) is 9.48. The first kappa shape index (κ1) is 19.9. The van der Waals surface area contributed by atoms with Crippen LogP contribution in [0.25, 0.3) is 0 Å². The van der Waals surface area contributed by atoms with E-state index >= 15 is 0 Å². The average Bonchev–Trinajstić information content (AvgIpc) is 3.28. The topological polar surface area (TPSA) is 117 Å². The van der Waals surface area contributed by atoms with E-state index in [9.17, 15) is 19.2 Å². The zero-order valence-corrected chi connectivity index (χ0v) is 16.0. The normalized spacial score (nSPS) is 26.9. The number of nitrogens with one attached hydrogen (secondary N) is 3. The highest BCUT2D eigenvalue weighted by atomic mass is 32.2. The Kier molecular flexibility index (Phi) is 6.95. The fourth-order valence-electron chi connectivity index (χ4n) is 3.52. The molecule has 0 spiro atoms. The summed E-state index contributed by atoms with van der Waals surface area (Å²) in [5.41, 5.74) is 0. The van der Waals surface area contributed by atoms with Crippen molar-refractivity contribution in [2.45, 2.75) is 62.3 Å². The van der Waals surface area contributed by atoms with Crippen LogP contribution in [0, 0.1) is 0 Å². The number of carbonyl (C=O) groups excluding carboxylic acids is 4. The Morgan fingerprint density at radius 3 is 2.70 bits per heavy atom. The number of carbonyl (C=O) groups is 4. The average molecular weight is 398 g/mol. The predicted molar refractivity (Wildman–Crippen MR) is 98.6 cm³/mol. The molecule has 0 radical (unpaired) electrons. The molecule has 0 aromatic rings. The van der Waals surface area contributed by atoms with Crippen molar-refractivity contribution in [2.24, 2.45) is 0 Å². The lowest BCUT2D eigenvalue weighted by atomic mass is 10.0. The van der Waals surface area contributed by atoms with Crippen LogP contribution in [0.3, 0.4) is 0 Å². The minimum atomic E-state index is -0.302. The molecule has 3 saturated heterocycles. The number of rotatable bonds is 10. The van der Waals surface area contributed by atoms with Crippen LogP contribution in [0.15, 0.2) is 0 Å². The van der Waals surface area contributed by atoms with Crippen LogP contribution in [0.2, 0.25) is 0 Å². The minimum Gasteiger partial charge on any atom is -0.356 e. The Balaban J connectivity index is 1.19. The van der Waals surface area contributed by atoms with Crippen molar-refractivity contribution in [1.29, 1.82) is 0 Å². The first-order valence-corrected chi connectivity index (χ1v) is 10.5. The van der Waals surface area contributed by atoms with E-state index in [2.05, 4.69) is 16.0 Å². The summed E-state index contributed by atoms with van der Waals surface area (Å²) in [5.74, 6) is 0.342. The smallest absolute Gasteiger partial charge is 0.315 e. The number of hydrogen-bond donors (Lipinski definition) is 3. The van der Waals surface area contributed by atoms with Crippen LogP contribution in [-0.2, 0) is 19.2 Å². The largest absolute Gasteiger partial charge is 0.356 e. The lowest BCUT2D eigenvalue weighted by molar-refractivity contribution is -0.187. The van der Waals surface area contributed by atoms with E-state index < -0.39 is 0 Å². The van der Waals surface area contributed by atoms with Crippen molar-refractivity contribution in [2.75, 3.05) is 18.9 Å². The van der Waals surface area contributed by atoms with Gasteiger partial charge in [-0.1, -0.05) is 6.42 Å². The second-order valence-electron chi connectivity index (χ2n) is 6.99. The van der Waals surface area contributed by atoms with Gasteiger partial charge in [-0.25, -0.2) is 4.79 Å². The van der Waals surface area contributed by atoms with Crippen LogP contribution >= 0.6 is 11.8 Å². The van der Waals surface area contributed by atoms with Gasteiger partial charge in [-0.15, -0.1) is 0 Å². The highest BCUT2D eigenvalue weighted by Crippen LogP contribution is 2.33. The Morgan fingerprint density at radius 1 is 1.15 bits per heavy atom. The third-order valence-electron chi connectivity index (χ3n) is 4.95. The molecular weight excluding hydrogens is 372 g/mol. The van der Waals surface area contributed by atoms with Gasteiger partial charge in [0.05, 0.1) is 18.7 Å². The van der Waals surface area contributed by atoms with E-state index in [1.807, 2.05) is 11.8 Å². The third-order valence-corrected chi connectivity index (χ3v) is 6.46. The molecule has 3 rings (SSSR count). The van der Waals surface area contributed by atoms with Gasteiger partial charge in [0.1, 0.15) is 0 Å². The van der Waals surface area contributed by atoms with Crippen LogP contribution in [0.4, 0.5) is 4.79 Å². The zero-order chi connectivity index (χ0) is 19.2. The maximum Gasteiger partial charge on any atom is 0.315 e. The van der Waals surface area contributed by atoms with E-state index in [4.69, 9.17) is 4.84 Å². The van der Waals surface area contributed by atoms with Gasteiger partial charge in [0, 0.05) is 36.8 Å². The molecule has 3 atom stereocenters. The Labute approximate surface area is 162 Å². The van der Waals surface area contributed by atoms with E-state index in [-0.39, 0.29) is 55.3 Å². The third kappa shape index (κ3) is 5.35. The molecule has 0 aromatic heterocycles. The quantitative estimate of drug-likeness (QED) is 0.277. The van der Waals surface area contributed by atoms with Gasteiger partial charge < -0.3 is 16.0 Å². The molecule has 3 aliphatic heterocycles. The van der Waals surface area contributed by atoms with Gasteiger partial charge >= 0.3 is 6.03 Å². The maximum absolute atomic E-state index is 11.8. The number of amides is 5. The molecule has 0 saturated carbocycles. The predicted octanol–water partition coefficient (Wildman–Crippen LogP) is 0.299. The van der Waals surface area contributed by atoms with Gasteiger partial charge in [-0.05, 0) is 19.3 Å². The summed E-state index contributed by atoms with van der Waals surface area (Å²) in [5, 5.41) is 9.97. The lowest BCUT2D eigenvalue weighted by Crippen LogP contribution is -2.36. The van der Waals surface area contributed by atoms with E-state index in [1.54, 1.807) is 0 Å². The van der Waals surface area contributed by atoms with Crippen molar-refractivity contribution in [3.05, 3.63) is 0 Å². The SMILES string of the molecule is O=C(CCCCC1SCC2NC(=O)NC21)NCCCON1C(=O)CCC1=O.